The summed E-state index contributed by atoms with van der Waals surface area (Å²) in [6.45, 7) is 3.72. The summed E-state index contributed by atoms with van der Waals surface area (Å²) < 4.78 is 1.77. The van der Waals surface area contributed by atoms with Crippen LogP contribution in [0.25, 0.3) is 0 Å². The Balaban J connectivity index is 3.07. The lowest BCUT2D eigenvalue weighted by Gasteiger charge is -1.92. The van der Waals surface area contributed by atoms with Crippen LogP contribution in [0.1, 0.15) is 0 Å². The Morgan fingerprint density at radius 3 is 2.60 bits per heavy atom. The molecular formula is C8H9ClN+. The summed E-state index contributed by atoms with van der Waals surface area (Å²) in [5, 5.41) is 0.744. The molecule has 0 amide bonds. The Morgan fingerprint density at radius 1 is 1.50 bits per heavy atom. The van der Waals surface area contributed by atoms with Gasteiger partial charge >= 0.3 is 0 Å². The monoisotopic (exact) mass is 154 g/mol. The van der Waals surface area contributed by atoms with Crippen LogP contribution in [0, 0.1) is 0 Å². The van der Waals surface area contributed by atoms with Crippen molar-refractivity contribution in [2.45, 2.75) is 0 Å². The summed E-state index contributed by atoms with van der Waals surface area (Å²) in [6.07, 6.45) is 0. The second-order valence-corrected chi connectivity index (χ2v) is 2.61. The fraction of sp³-hybridized carbons (Fsp3) is 0.125. The molecule has 0 aliphatic heterocycles. The summed E-state index contributed by atoms with van der Waals surface area (Å²) >= 11 is 5.73. The number of nitrogens with zero attached hydrogens (tertiary/aromatic N) is 1. The maximum absolute atomic E-state index is 5.73. The van der Waals surface area contributed by atoms with E-state index < -0.39 is 0 Å². The van der Waals surface area contributed by atoms with Crippen LogP contribution in [0.4, 0.5) is 5.69 Å². The Morgan fingerprint density at radius 2 is 2.20 bits per heavy atom. The lowest BCUT2D eigenvalue weighted by atomic mass is 10.3. The topological polar surface area (TPSA) is 3.01 Å². The molecule has 0 spiro atoms. The first-order valence-electron chi connectivity index (χ1n) is 3.00. The minimum absolute atomic E-state index is 0.744. The molecule has 0 saturated heterocycles. The lowest BCUT2D eigenvalue weighted by molar-refractivity contribution is -0.394. The third kappa shape index (κ3) is 1.58. The number of hydrogen-bond acceptors (Lipinski definition) is 0. The molecule has 0 saturated carbocycles. The van der Waals surface area contributed by atoms with E-state index in [4.69, 9.17) is 11.6 Å². The van der Waals surface area contributed by atoms with Crippen LogP contribution in [0.5, 0.6) is 0 Å². The van der Waals surface area contributed by atoms with Gasteiger partial charge in [-0.05, 0) is 6.07 Å². The first-order chi connectivity index (χ1) is 4.70. The van der Waals surface area contributed by atoms with Gasteiger partial charge in [-0.1, -0.05) is 17.7 Å². The molecule has 0 N–H and O–H groups in total. The highest BCUT2D eigenvalue weighted by Gasteiger charge is 1.98. The molecule has 0 atom stereocenters. The van der Waals surface area contributed by atoms with Gasteiger partial charge in [-0.2, -0.15) is 0 Å². The zero-order chi connectivity index (χ0) is 7.56. The smallest absolute Gasteiger partial charge is 0.205 e. The van der Waals surface area contributed by atoms with Crippen molar-refractivity contribution in [2.24, 2.45) is 0 Å². The van der Waals surface area contributed by atoms with E-state index in [1.807, 2.05) is 31.3 Å². The number of hydrogen-bond donors (Lipinski definition) is 0. The Kier molecular flexibility index (Phi) is 2.07. The van der Waals surface area contributed by atoms with Gasteiger partial charge in [0.2, 0.25) is 5.69 Å². The number of benzene rings is 1. The molecule has 2 heteroatoms. The molecule has 0 fully saturated rings. The normalized spacial score (nSPS) is 9.40. The fourth-order valence-corrected chi connectivity index (χ4v) is 0.898. The zero-order valence-corrected chi connectivity index (χ0v) is 6.60. The fourth-order valence-electron chi connectivity index (χ4n) is 0.714. The molecule has 0 aliphatic carbocycles. The van der Waals surface area contributed by atoms with Crippen LogP contribution >= 0.6 is 11.6 Å². The molecule has 1 nitrogen and oxygen atoms in total. The predicted molar refractivity (Wildman–Crippen MR) is 44.4 cm³/mol. The average molecular weight is 155 g/mol. The van der Waals surface area contributed by atoms with Crippen molar-refractivity contribution >= 4 is 24.0 Å². The predicted octanol–water partition coefficient (Wildman–Crippen LogP) is 2.31. The minimum atomic E-state index is 0.744. The second kappa shape index (κ2) is 2.84. The molecule has 0 aliphatic rings. The zero-order valence-electron chi connectivity index (χ0n) is 5.84. The second-order valence-electron chi connectivity index (χ2n) is 2.18. The molecule has 0 radical (unpaired) electrons. The van der Waals surface area contributed by atoms with Gasteiger partial charge in [0, 0.05) is 17.2 Å². The van der Waals surface area contributed by atoms with Crippen LogP contribution in [-0.2, 0) is 0 Å². The molecule has 0 unspecified atom stereocenters. The third-order valence-corrected chi connectivity index (χ3v) is 1.48. The van der Waals surface area contributed by atoms with Crippen LogP contribution in [0.15, 0.2) is 24.3 Å². The van der Waals surface area contributed by atoms with Crippen molar-refractivity contribution in [1.29, 1.82) is 0 Å². The molecule has 10 heavy (non-hydrogen) atoms. The Bertz CT molecular complexity index is 255. The van der Waals surface area contributed by atoms with Gasteiger partial charge in [-0.25, -0.2) is 4.58 Å². The van der Waals surface area contributed by atoms with Gasteiger partial charge < -0.3 is 0 Å². The first-order valence-corrected chi connectivity index (χ1v) is 3.38. The van der Waals surface area contributed by atoms with Crippen LogP contribution in [0.2, 0.25) is 5.02 Å². The quantitative estimate of drug-likeness (QED) is 0.432. The summed E-state index contributed by atoms with van der Waals surface area (Å²) in [4.78, 5) is 0. The van der Waals surface area contributed by atoms with E-state index in [2.05, 4.69) is 6.72 Å². The van der Waals surface area contributed by atoms with Crippen molar-refractivity contribution in [2.75, 3.05) is 7.05 Å². The average Bonchev–Trinajstić information content (AvgIpc) is 1.88. The van der Waals surface area contributed by atoms with Crippen molar-refractivity contribution < 1.29 is 4.58 Å². The van der Waals surface area contributed by atoms with Gasteiger partial charge in [0.1, 0.15) is 13.8 Å². The molecule has 1 rings (SSSR count). The molecule has 1 aromatic rings. The highest BCUT2D eigenvalue weighted by molar-refractivity contribution is 6.30. The number of halogens is 1. The minimum Gasteiger partial charge on any atom is -0.208 e. The van der Waals surface area contributed by atoms with E-state index in [0.29, 0.717) is 0 Å². The molecule has 1 aromatic carbocycles. The summed E-state index contributed by atoms with van der Waals surface area (Å²) in [7, 11) is 1.88. The van der Waals surface area contributed by atoms with Crippen molar-refractivity contribution in [1.82, 2.24) is 0 Å². The first kappa shape index (κ1) is 7.29. The van der Waals surface area contributed by atoms with Crippen LogP contribution in [0.3, 0.4) is 0 Å². The Hall–Kier alpha value is -0.820. The van der Waals surface area contributed by atoms with Crippen molar-refractivity contribution in [3.8, 4) is 0 Å². The van der Waals surface area contributed by atoms with E-state index in [1.54, 1.807) is 4.58 Å². The maximum atomic E-state index is 5.73. The van der Waals surface area contributed by atoms with E-state index in [-0.39, 0.29) is 0 Å². The highest BCUT2D eigenvalue weighted by Crippen LogP contribution is 2.15. The van der Waals surface area contributed by atoms with E-state index >= 15 is 0 Å². The molecule has 0 aromatic heterocycles. The van der Waals surface area contributed by atoms with Crippen molar-refractivity contribution in [3.05, 3.63) is 29.3 Å². The standard InChI is InChI=1S/C8H9ClN/c1-10(2)8-5-3-4-7(9)6-8/h3-6H,1H2,2H3/q+1. The Labute approximate surface area is 65.6 Å². The lowest BCUT2D eigenvalue weighted by Crippen LogP contribution is -1.90. The maximum Gasteiger partial charge on any atom is 0.205 e. The summed E-state index contributed by atoms with van der Waals surface area (Å²) in [5.41, 5.74) is 1.02. The van der Waals surface area contributed by atoms with Gasteiger partial charge in [-0.3, -0.25) is 0 Å². The third-order valence-electron chi connectivity index (χ3n) is 1.25. The van der Waals surface area contributed by atoms with Gasteiger partial charge in [0.15, 0.2) is 0 Å². The molecule has 0 heterocycles. The van der Waals surface area contributed by atoms with Gasteiger partial charge in [0.05, 0.1) is 0 Å². The van der Waals surface area contributed by atoms with Crippen LogP contribution in [-0.4, -0.2) is 18.3 Å². The number of rotatable bonds is 1. The van der Waals surface area contributed by atoms with Crippen LogP contribution < -0.4 is 0 Å². The largest absolute Gasteiger partial charge is 0.208 e. The van der Waals surface area contributed by atoms with E-state index in [0.717, 1.165) is 10.7 Å². The summed E-state index contributed by atoms with van der Waals surface area (Å²) in [6, 6.07) is 7.57. The highest BCUT2D eigenvalue weighted by atomic mass is 35.5. The van der Waals surface area contributed by atoms with Crippen molar-refractivity contribution in [3.63, 3.8) is 0 Å². The SMILES string of the molecule is C=[N+](C)c1cccc(Cl)c1. The molecular weight excluding hydrogens is 146 g/mol. The summed E-state index contributed by atoms with van der Waals surface area (Å²) in [5.74, 6) is 0. The van der Waals surface area contributed by atoms with E-state index in [9.17, 15) is 0 Å². The van der Waals surface area contributed by atoms with E-state index in [1.165, 1.54) is 0 Å². The van der Waals surface area contributed by atoms with Gasteiger partial charge in [-0.15, -0.1) is 0 Å². The van der Waals surface area contributed by atoms with Gasteiger partial charge in [0.25, 0.3) is 0 Å². The molecule has 52 valence electrons. The molecule has 0 bridgehead atoms.